The van der Waals surface area contributed by atoms with Crippen LogP contribution in [0, 0.1) is 20.8 Å². The Hall–Kier alpha value is -3.93. The first-order chi connectivity index (χ1) is 15.3. The molecule has 0 fully saturated rings. The lowest BCUT2D eigenvalue weighted by atomic mass is 9.92. The lowest BCUT2D eigenvalue weighted by Crippen LogP contribution is -2.20. The van der Waals surface area contributed by atoms with Gasteiger partial charge in [0, 0.05) is 11.5 Å². The van der Waals surface area contributed by atoms with Crippen LogP contribution in [0.15, 0.2) is 48.5 Å². The normalized spacial score (nSPS) is 12.1. The molecule has 1 aliphatic carbocycles. The number of benzene rings is 3. The monoisotopic (exact) mass is 429 g/mol. The smallest absolute Gasteiger partial charge is 0.411 e. The molecule has 4 rings (SSSR count). The van der Waals surface area contributed by atoms with E-state index in [1.807, 2.05) is 36.4 Å². The van der Waals surface area contributed by atoms with Crippen molar-refractivity contribution in [1.82, 2.24) is 0 Å². The Morgan fingerprint density at radius 3 is 2.03 bits per heavy atom. The van der Waals surface area contributed by atoms with Gasteiger partial charge in [0.15, 0.2) is 6.29 Å². The highest BCUT2D eigenvalue weighted by atomic mass is 16.5. The van der Waals surface area contributed by atoms with Gasteiger partial charge in [-0.3, -0.25) is 10.1 Å². The van der Waals surface area contributed by atoms with Crippen LogP contribution in [-0.2, 0) is 4.74 Å². The molecule has 0 bridgehead atoms. The molecule has 0 saturated heterocycles. The summed E-state index contributed by atoms with van der Waals surface area (Å²) in [6, 6.07) is 16.1. The number of aromatic carboxylic acids is 1. The van der Waals surface area contributed by atoms with Crippen LogP contribution in [0.25, 0.3) is 11.1 Å². The number of carbonyl (C=O) groups excluding carboxylic acids is 2. The first-order valence-electron chi connectivity index (χ1n) is 10.3. The molecule has 0 atom stereocenters. The Bertz CT molecular complexity index is 1220. The van der Waals surface area contributed by atoms with E-state index in [-0.39, 0.29) is 29.3 Å². The molecule has 3 aromatic carbocycles. The van der Waals surface area contributed by atoms with Gasteiger partial charge in [0.1, 0.15) is 6.61 Å². The molecule has 6 nitrogen and oxygen atoms in total. The van der Waals surface area contributed by atoms with E-state index >= 15 is 0 Å². The predicted molar refractivity (Wildman–Crippen MR) is 122 cm³/mol. The summed E-state index contributed by atoms with van der Waals surface area (Å²) in [5.41, 5.74) is 6.26. The summed E-state index contributed by atoms with van der Waals surface area (Å²) >= 11 is 0. The van der Waals surface area contributed by atoms with Gasteiger partial charge in [0.25, 0.3) is 0 Å². The highest BCUT2D eigenvalue weighted by molar-refractivity contribution is 6.00. The Labute approximate surface area is 185 Å². The number of carboxylic acids is 1. The van der Waals surface area contributed by atoms with E-state index in [4.69, 9.17) is 4.74 Å². The minimum Gasteiger partial charge on any atom is -0.478 e. The number of ether oxygens (including phenoxy) is 1. The topological polar surface area (TPSA) is 92.7 Å². The molecule has 0 heterocycles. The number of nitrogens with one attached hydrogen (secondary N) is 1. The van der Waals surface area contributed by atoms with Crippen LogP contribution < -0.4 is 5.32 Å². The number of anilines is 1. The van der Waals surface area contributed by atoms with Crippen molar-refractivity contribution in [3.8, 4) is 11.1 Å². The highest BCUT2D eigenvalue weighted by Gasteiger charge is 2.29. The minimum atomic E-state index is -1.15. The summed E-state index contributed by atoms with van der Waals surface area (Å²) in [6.45, 7) is 5.01. The SMILES string of the molecule is Cc1c(C=O)c(C)c(C(=O)O)c(C)c1NC(=O)OCC1c2ccccc2-c2ccccc21. The van der Waals surface area contributed by atoms with Crippen molar-refractivity contribution in [2.24, 2.45) is 0 Å². The maximum atomic E-state index is 12.7. The standard InChI is InChI=1S/C26H23NO5/c1-14-21(12-28)15(2)24(16(3)23(14)25(29)30)27-26(31)32-13-22-19-10-6-4-8-17(19)18-9-5-7-11-20(18)22/h4-12,22H,13H2,1-3H3,(H,27,31)(H,29,30). The summed E-state index contributed by atoms with van der Waals surface area (Å²) in [6.07, 6.45) is -0.0884. The number of carboxylic acid groups (broad SMARTS) is 1. The van der Waals surface area contributed by atoms with E-state index in [9.17, 15) is 19.5 Å². The third-order valence-electron chi connectivity index (χ3n) is 6.21. The zero-order chi connectivity index (χ0) is 23.0. The highest BCUT2D eigenvalue weighted by Crippen LogP contribution is 2.44. The molecule has 0 aliphatic heterocycles. The molecular weight excluding hydrogens is 406 g/mol. The number of carbonyl (C=O) groups is 3. The van der Waals surface area contributed by atoms with E-state index in [0.717, 1.165) is 22.3 Å². The van der Waals surface area contributed by atoms with E-state index < -0.39 is 12.1 Å². The third-order valence-corrected chi connectivity index (χ3v) is 6.21. The Kier molecular flexibility index (Phi) is 5.53. The van der Waals surface area contributed by atoms with Crippen molar-refractivity contribution in [2.45, 2.75) is 26.7 Å². The van der Waals surface area contributed by atoms with Crippen molar-refractivity contribution in [3.05, 3.63) is 87.5 Å². The average molecular weight is 429 g/mol. The molecule has 1 aliphatic rings. The fourth-order valence-corrected chi connectivity index (χ4v) is 4.66. The van der Waals surface area contributed by atoms with Gasteiger partial charge in [-0.2, -0.15) is 0 Å². The molecule has 32 heavy (non-hydrogen) atoms. The first kappa shape index (κ1) is 21.3. The summed E-state index contributed by atoms with van der Waals surface area (Å²) in [7, 11) is 0. The molecule has 0 aromatic heterocycles. The molecule has 2 N–H and O–H groups in total. The van der Waals surface area contributed by atoms with E-state index in [2.05, 4.69) is 17.4 Å². The number of amides is 1. The molecule has 0 radical (unpaired) electrons. The van der Waals surface area contributed by atoms with Gasteiger partial charge in [-0.1, -0.05) is 48.5 Å². The minimum absolute atomic E-state index is 0.00616. The Morgan fingerprint density at radius 1 is 0.938 bits per heavy atom. The number of hydrogen-bond donors (Lipinski definition) is 2. The van der Waals surface area contributed by atoms with Crippen LogP contribution in [0.2, 0.25) is 0 Å². The van der Waals surface area contributed by atoms with Crippen LogP contribution in [0.1, 0.15) is 54.5 Å². The summed E-state index contributed by atoms with van der Waals surface area (Å²) in [4.78, 5) is 36.0. The maximum Gasteiger partial charge on any atom is 0.411 e. The quantitative estimate of drug-likeness (QED) is 0.524. The summed E-state index contributed by atoms with van der Waals surface area (Å²) < 4.78 is 5.57. The Morgan fingerprint density at radius 2 is 1.50 bits per heavy atom. The molecule has 6 heteroatoms. The van der Waals surface area contributed by atoms with Crippen LogP contribution in [-0.4, -0.2) is 30.1 Å². The molecule has 0 saturated carbocycles. The summed E-state index contributed by atoms with van der Waals surface area (Å²) in [5.74, 6) is -1.24. The number of fused-ring (bicyclic) bond motifs is 3. The van der Waals surface area contributed by atoms with Crippen molar-refractivity contribution >= 4 is 24.0 Å². The first-order valence-corrected chi connectivity index (χ1v) is 10.3. The zero-order valence-corrected chi connectivity index (χ0v) is 18.1. The van der Waals surface area contributed by atoms with Gasteiger partial charge >= 0.3 is 12.1 Å². The lowest BCUT2D eigenvalue weighted by Gasteiger charge is -2.19. The molecule has 1 amide bonds. The van der Waals surface area contributed by atoms with Gasteiger partial charge in [0.05, 0.1) is 11.3 Å². The third kappa shape index (κ3) is 3.43. The molecule has 3 aromatic rings. The van der Waals surface area contributed by atoms with Gasteiger partial charge in [0.2, 0.25) is 0 Å². The van der Waals surface area contributed by atoms with Crippen LogP contribution in [0.5, 0.6) is 0 Å². The number of aldehydes is 1. The van der Waals surface area contributed by atoms with E-state index in [1.165, 1.54) is 0 Å². The zero-order valence-electron chi connectivity index (χ0n) is 18.1. The van der Waals surface area contributed by atoms with Crippen LogP contribution >= 0.6 is 0 Å². The number of hydrogen-bond acceptors (Lipinski definition) is 4. The van der Waals surface area contributed by atoms with Crippen LogP contribution in [0.4, 0.5) is 10.5 Å². The molecular formula is C26H23NO5. The predicted octanol–water partition coefficient (Wildman–Crippen LogP) is 5.48. The van der Waals surface area contributed by atoms with Crippen molar-refractivity contribution in [1.29, 1.82) is 0 Å². The fraction of sp³-hybridized carbons (Fsp3) is 0.192. The lowest BCUT2D eigenvalue weighted by molar-refractivity contribution is 0.0695. The summed E-state index contributed by atoms with van der Waals surface area (Å²) in [5, 5.41) is 12.3. The largest absolute Gasteiger partial charge is 0.478 e. The second kappa shape index (κ2) is 8.30. The van der Waals surface area contributed by atoms with E-state index in [0.29, 0.717) is 23.0 Å². The van der Waals surface area contributed by atoms with Crippen molar-refractivity contribution in [2.75, 3.05) is 11.9 Å². The average Bonchev–Trinajstić information content (AvgIpc) is 3.09. The second-order valence-electron chi connectivity index (χ2n) is 7.91. The molecule has 162 valence electrons. The van der Waals surface area contributed by atoms with E-state index in [1.54, 1.807) is 20.8 Å². The molecule has 0 unspecified atom stereocenters. The Balaban J connectivity index is 1.59. The fourth-order valence-electron chi connectivity index (χ4n) is 4.66. The van der Waals surface area contributed by atoms with Gasteiger partial charge < -0.3 is 9.84 Å². The van der Waals surface area contributed by atoms with Crippen LogP contribution in [0.3, 0.4) is 0 Å². The second-order valence-corrected chi connectivity index (χ2v) is 7.91. The maximum absolute atomic E-state index is 12.7. The molecule has 0 spiro atoms. The number of rotatable bonds is 5. The van der Waals surface area contributed by atoms with Crippen molar-refractivity contribution < 1.29 is 24.2 Å². The van der Waals surface area contributed by atoms with Gasteiger partial charge in [-0.25, -0.2) is 9.59 Å². The van der Waals surface area contributed by atoms with Crippen molar-refractivity contribution in [3.63, 3.8) is 0 Å². The van der Waals surface area contributed by atoms with Gasteiger partial charge in [-0.05, 0) is 59.7 Å². The van der Waals surface area contributed by atoms with Gasteiger partial charge in [-0.15, -0.1) is 0 Å².